The molecule has 1 fully saturated rings. The highest BCUT2D eigenvalue weighted by molar-refractivity contribution is 5.83. The Morgan fingerprint density at radius 2 is 2.10 bits per heavy atom. The number of nitrogens with zero attached hydrogens (tertiary/aromatic N) is 3. The number of aliphatic imine (C=N–C) groups is 1. The van der Waals surface area contributed by atoms with Crippen LogP contribution in [0, 0.1) is 0 Å². The van der Waals surface area contributed by atoms with Crippen LogP contribution in [0.25, 0.3) is 10.9 Å². The van der Waals surface area contributed by atoms with E-state index in [-0.39, 0.29) is 12.1 Å². The molecule has 1 aromatic heterocycles. The van der Waals surface area contributed by atoms with Crippen molar-refractivity contribution in [1.29, 1.82) is 0 Å². The summed E-state index contributed by atoms with van der Waals surface area (Å²) < 4.78 is 5.37. The van der Waals surface area contributed by atoms with Crippen LogP contribution < -0.4 is 10.6 Å². The van der Waals surface area contributed by atoms with E-state index in [1.807, 2.05) is 51.2 Å². The van der Waals surface area contributed by atoms with Crippen molar-refractivity contribution < 1.29 is 9.53 Å². The van der Waals surface area contributed by atoms with Crippen LogP contribution in [-0.2, 0) is 11.3 Å². The normalized spacial score (nSPS) is 17.4. The molecule has 1 aliphatic rings. The van der Waals surface area contributed by atoms with Gasteiger partial charge in [0.05, 0.1) is 18.1 Å². The van der Waals surface area contributed by atoms with Crippen LogP contribution in [0.15, 0.2) is 41.5 Å². The molecule has 1 saturated heterocycles. The number of nitrogens with one attached hydrogen (secondary N) is 2. The van der Waals surface area contributed by atoms with Crippen molar-refractivity contribution in [2.45, 2.75) is 52.3 Å². The van der Waals surface area contributed by atoms with Gasteiger partial charge in [-0.3, -0.25) is 4.98 Å². The minimum Gasteiger partial charge on any atom is -0.444 e. The first-order valence-electron chi connectivity index (χ1n) is 10.2. The standard InChI is InChI=1S/C22H31N5O2/c1-5-23-20(25-14-16-10-12-24-19-9-7-6-8-18(16)19)27-13-11-17(15-27)26-21(28)29-22(2,3)4/h6-10,12,17H,5,11,13-15H2,1-4H3,(H,23,25)(H,26,28)/t17-/m1/s1. The van der Waals surface area contributed by atoms with E-state index in [1.165, 1.54) is 0 Å². The smallest absolute Gasteiger partial charge is 0.407 e. The number of ether oxygens (including phenoxy) is 1. The second-order valence-corrected chi connectivity index (χ2v) is 8.24. The third kappa shape index (κ3) is 5.82. The molecular formula is C22H31N5O2. The van der Waals surface area contributed by atoms with Gasteiger partial charge in [-0.25, -0.2) is 9.79 Å². The molecule has 2 N–H and O–H groups in total. The number of hydrogen-bond acceptors (Lipinski definition) is 4. The number of carbonyl (C=O) groups is 1. The van der Waals surface area contributed by atoms with Gasteiger partial charge in [-0.1, -0.05) is 18.2 Å². The molecule has 1 aliphatic heterocycles. The lowest BCUT2D eigenvalue weighted by molar-refractivity contribution is 0.0507. The average Bonchev–Trinajstić information content (AvgIpc) is 3.11. The molecule has 0 saturated carbocycles. The fraction of sp³-hybridized carbons (Fsp3) is 0.500. The summed E-state index contributed by atoms with van der Waals surface area (Å²) in [7, 11) is 0. The number of guanidine groups is 1. The van der Waals surface area contributed by atoms with Crippen molar-refractivity contribution in [3.8, 4) is 0 Å². The van der Waals surface area contributed by atoms with Gasteiger partial charge in [-0.2, -0.15) is 0 Å². The van der Waals surface area contributed by atoms with E-state index in [9.17, 15) is 4.79 Å². The summed E-state index contributed by atoms with van der Waals surface area (Å²) in [5.41, 5.74) is 1.63. The molecule has 0 aliphatic carbocycles. The Bertz CT molecular complexity index is 870. The molecule has 3 rings (SSSR count). The maximum atomic E-state index is 12.0. The van der Waals surface area contributed by atoms with Gasteiger partial charge >= 0.3 is 6.09 Å². The quantitative estimate of drug-likeness (QED) is 0.611. The number of alkyl carbamates (subject to hydrolysis) is 1. The van der Waals surface area contributed by atoms with Crippen LogP contribution in [0.2, 0.25) is 0 Å². The molecule has 0 spiro atoms. The average molecular weight is 398 g/mol. The lowest BCUT2D eigenvalue weighted by Crippen LogP contribution is -2.44. The maximum absolute atomic E-state index is 12.0. The second-order valence-electron chi connectivity index (χ2n) is 8.24. The fourth-order valence-corrected chi connectivity index (χ4v) is 3.42. The van der Waals surface area contributed by atoms with Crippen molar-refractivity contribution in [2.75, 3.05) is 19.6 Å². The van der Waals surface area contributed by atoms with Crippen LogP contribution in [0.1, 0.15) is 39.7 Å². The zero-order chi connectivity index (χ0) is 20.9. The summed E-state index contributed by atoms with van der Waals surface area (Å²) in [5.74, 6) is 0.863. The molecule has 0 radical (unpaired) electrons. The van der Waals surface area contributed by atoms with Crippen molar-refractivity contribution >= 4 is 23.0 Å². The molecule has 0 bridgehead atoms. The topological polar surface area (TPSA) is 78.9 Å². The molecule has 0 unspecified atom stereocenters. The molecule has 29 heavy (non-hydrogen) atoms. The monoisotopic (exact) mass is 397 g/mol. The van der Waals surface area contributed by atoms with E-state index in [0.29, 0.717) is 13.1 Å². The number of para-hydroxylation sites is 1. The molecule has 156 valence electrons. The Balaban J connectivity index is 1.66. The van der Waals surface area contributed by atoms with E-state index in [2.05, 4.69) is 33.5 Å². The van der Waals surface area contributed by atoms with Crippen molar-refractivity contribution in [3.05, 3.63) is 42.1 Å². The highest BCUT2D eigenvalue weighted by Gasteiger charge is 2.27. The van der Waals surface area contributed by atoms with Crippen LogP contribution in [0.5, 0.6) is 0 Å². The molecule has 7 nitrogen and oxygen atoms in total. The predicted molar refractivity (Wildman–Crippen MR) is 116 cm³/mol. The van der Waals surface area contributed by atoms with Gasteiger partial charge in [0.1, 0.15) is 5.60 Å². The summed E-state index contributed by atoms with van der Waals surface area (Å²) in [6.07, 6.45) is 2.33. The van der Waals surface area contributed by atoms with Gasteiger partial charge in [0.15, 0.2) is 5.96 Å². The Labute approximate surface area is 172 Å². The summed E-state index contributed by atoms with van der Waals surface area (Å²) in [5, 5.41) is 7.46. The first-order chi connectivity index (χ1) is 13.9. The third-order valence-electron chi connectivity index (χ3n) is 4.68. The van der Waals surface area contributed by atoms with Crippen LogP contribution in [0.3, 0.4) is 0 Å². The SMILES string of the molecule is CCNC(=NCc1ccnc2ccccc12)N1CC[C@@H](NC(=O)OC(C)(C)C)C1. The van der Waals surface area contributed by atoms with Crippen molar-refractivity contribution in [3.63, 3.8) is 0 Å². The maximum Gasteiger partial charge on any atom is 0.407 e. The number of carbonyl (C=O) groups excluding carboxylic acids is 1. The molecule has 1 amide bonds. The summed E-state index contributed by atoms with van der Waals surface area (Å²) >= 11 is 0. The summed E-state index contributed by atoms with van der Waals surface area (Å²) in [6, 6.07) is 10.2. The largest absolute Gasteiger partial charge is 0.444 e. The van der Waals surface area contributed by atoms with E-state index in [0.717, 1.165) is 41.9 Å². The Kier molecular flexibility index (Phi) is 6.56. The lowest BCUT2D eigenvalue weighted by Gasteiger charge is -2.23. The number of benzene rings is 1. The van der Waals surface area contributed by atoms with Gasteiger partial charge in [0.2, 0.25) is 0 Å². The van der Waals surface area contributed by atoms with Gasteiger partial charge in [-0.15, -0.1) is 0 Å². The Hall–Kier alpha value is -2.83. The zero-order valence-electron chi connectivity index (χ0n) is 17.7. The molecule has 7 heteroatoms. The molecule has 1 aromatic carbocycles. The van der Waals surface area contributed by atoms with Gasteiger partial charge in [0, 0.05) is 31.2 Å². The number of pyridine rings is 1. The minimum atomic E-state index is -0.494. The van der Waals surface area contributed by atoms with E-state index in [1.54, 1.807) is 0 Å². The molecular weight excluding hydrogens is 366 g/mol. The minimum absolute atomic E-state index is 0.0514. The fourth-order valence-electron chi connectivity index (χ4n) is 3.42. The van der Waals surface area contributed by atoms with Crippen molar-refractivity contribution in [1.82, 2.24) is 20.5 Å². The van der Waals surface area contributed by atoms with E-state index >= 15 is 0 Å². The Morgan fingerprint density at radius 1 is 1.31 bits per heavy atom. The van der Waals surface area contributed by atoms with Crippen molar-refractivity contribution in [2.24, 2.45) is 4.99 Å². The number of hydrogen-bond donors (Lipinski definition) is 2. The van der Waals surface area contributed by atoms with Crippen LogP contribution in [0.4, 0.5) is 4.79 Å². The third-order valence-corrected chi connectivity index (χ3v) is 4.68. The first kappa shape index (κ1) is 20.9. The number of fused-ring (bicyclic) bond motifs is 1. The highest BCUT2D eigenvalue weighted by Crippen LogP contribution is 2.18. The first-order valence-corrected chi connectivity index (χ1v) is 10.2. The summed E-state index contributed by atoms with van der Waals surface area (Å²) in [4.78, 5) is 23.5. The Morgan fingerprint density at radius 3 is 2.86 bits per heavy atom. The number of amides is 1. The summed E-state index contributed by atoms with van der Waals surface area (Å²) in [6.45, 7) is 10.6. The van der Waals surface area contributed by atoms with Gasteiger partial charge in [-0.05, 0) is 51.8 Å². The molecule has 2 heterocycles. The number of aromatic nitrogens is 1. The van der Waals surface area contributed by atoms with E-state index in [4.69, 9.17) is 9.73 Å². The molecule has 2 aromatic rings. The van der Waals surface area contributed by atoms with Crippen LogP contribution >= 0.6 is 0 Å². The van der Waals surface area contributed by atoms with Gasteiger partial charge in [0.25, 0.3) is 0 Å². The zero-order valence-corrected chi connectivity index (χ0v) is 17.7. The second kappa shape index (κ2) is 9.11. The number of rotatable bonds is 4. The van der Waals surface area contributed by atoms with E-state index < -0.39 is 5.60 Å². The van der Waals surface area contributed by atoms with Gasteiger partial charge < -0.3 is 20.3 Å². The van der Waals surface area contributed by atoms with Crippen LogP contribution in [-0.4, -0.2) is 53.2 Å². The highest BCUT2D eigenvalue weighted by atomic mass is 16.6. The predicted octanol–water partition coefficient (Wildman–Crippen LogP) is 3.30. The lowest BCUT2D eigenvalue weighted by atomic mass is 10.1. The molecule has 1 atom stereocenters. The number of likely N-dealkylation sites (tertiary alicyclic amines) is 1.